The Bertz CT molecular complexity index is 219. The van der Waals surface area contributed by atoms with Crippen LogP contribution < -0.4 is 0 Å². The highest BCUT2D eigenvalue weighted by molar-refractivity contribution is 7.47. The van der Waals surface area contributed by atoms with Gasteiger partial charge in [0.1, 0.15) is 0 Å². The second-order valence-corrected chi connectivity index (χ2v) is 5.43. The van der Waals surface area contributed by atoms with Gasteiger partial charge < -0.3 is 18.5 Å². The quantitative estimate of drug-likeness (QED) is 0.350. The minimum absolute atomic E-state index is 0.00487. The summed E-state index contributed by atoms with van der Waals surface area (Å²) in [4.78, 5) is 10.7. The zero-order chi connectivity index (χ0) is 14.0. The van der Waals surface area contributed by atoms with Crippen molar-refractivity contribution in [3.05, 3.63) is 0 Å². The molecule has 0 bridgehead atoms. The molecule has 0 aliphatic carbocycles. The van der Waals surface area contributed by atoms with Crippen LogP contribution in [0.2, 0.25) is 0 Å². The van der Waals surface area contributed by atoms with Crippen molar-refractivity contribution in [3.63, 3.8) is 0 Å². The lowest BCUT2D eigenvalue weighted by atomic mass is 10.3. The molecule has 0 amide bonds. The van der Waals surface area contributed by atoms with Gasteiger partial charge in [0.15, 0.2) is 14.7 Å². The molecule has 6 heteroatoms. The first kappa shape index (κ1) is 17.8. The Morgan fingerprint density at radius 3 is 2.17 bits per heavy atom. The van der Waals surface area contributed by atoms with Crippen LogP contribution in [-0.2, 0) is 23.3 Å². The lowest BCUT2D eigenvalue weighted by Gasteiger charge is -2.21. The zero-order valence-corrected chi connectivity index (χ0v) is 12.9. The smallest absolute Gasteiger partial charge is 0.304 e. The molecule has 0 radical (unpaired) electrons. The SMILES string of the molecule is CCOP(CCC(C)OC(C)OC(C)=O)OCC. The molecule has 0 saturated heterocycles. The molecule has 0 N–H and O–H groups in total. The fourth-order valence-corrected chi connectivity index (χ4v) is 2.88. The Labute approximate surface area is 111 Å². The molecule has 0 aromatic carbocycles. The Kier molecular flexibility index (Phi) is 10.5. The summed E-state index contributed by atoms with van der Waals surface area (Å²) < 4.78 is 21.4. The Morgan fingerprint density at radius 2 is 1.72 bits per heavy atom. The van der Waals surface area contributed by atoms with Crippen molar-refractivity contribution in [2.75, 3.05) is 19.4 Å². The monoisotopic (exact) mass is 280 g/mol. The average molecular weight is 280 g/mol. The van der Waals surface area contributed by atoms with Crippen LogP contribution in [-0.4, -0.2) is 37.7 Å². The lowest BCUT2D eigenvalue weighted by Crippen LogP contribution is -2.22. The highest BCUT2D eigenvalue weighted by Gasteiger charge is 2.15. The molecule has 0 rings (SSSR count). The van der Waals surface area contributed by atoms with Crippen molar-refractivity contribution >= 4 is 14.3 Å². The Morgan fingerprint density at radius 1 is 1.17 bits per heavy atom. The maximum atomic E-state index is 10.7. The predicted molar refractivity (Wildman–Crippen MR) is 71.4 cm³/mol. The second-order valence-electron chi connectivity index (χ2n) is 3.80. The van der Waals surface area contributed by atoms with Crippen LogP contribution >= 0.6 is 8.38 Å². The molecule has 18 heavy (non-hydrogen) atoms. The van der Waals surface area contributed by atoms with Gasteiger partial charge in [0.25, 0.3) is 0 Å². The van der Waals surface area contributed by atoms with Gasteiger partial charge in [-0.25, -0.2) is 0 Å². The molecular formula is C12H25O5P. The van der Waals surface area contributed by atoms with E-state index in [2.05, 4.69) is 0 Å². The van der Waals surface area contributed by atoms with E-state index >= 15 is 0 Å². The molecule has 0 fully saturated rings. The summed E-state index contributed by atoms with van der Waals surface area (Å²) in [7, 11) is -0.823. The molecule has 2 unspecified atom stereocenters. The van der Waals surface area contributed by atoms with Gasteiger partial charge in [-0.05, 0) is 34.1 Å². The average Bonchev–Trinajstić information content (AvgIpc) is 2.25. The molecule has 5 nitrogen and oxygen atoms in total. The fraction of sp³-hybridized carbons (Fsp3) is 0.917. The summed E-state index contributed by atoms with van der Waals surface area (Å²) >= 11 is 0. The van der Waals surface area contributed by atoms with Crippen molar-refractivity contribution in [1.82, 2.24) is 0 Å². The molecule has 108 valence electrons. The summed E-state index contributed by atoms with van der Waals surface area (Å²) in [5, 5.41) is 0. The molecule has 0 spiro atoms. The van der Waals surface area contributed by atoms with E-state index in [-0.39, 0.29) is 12.1 Å². The van der Waals surface area contributed by atoms with Crippen LogP contribution in [0.4, 0.5) is 0 Å². The molecule has 0 heterocycles. The van der Waals surface area contributed by atoms with Gasteiger partial charge in [-0.15, -0.1) is 0 Å². The van der Waals surface area contributed by atoms with Crippen LogP contribution in [0.15, 0.2) is 0 Å². The summed E-state index contributed by atoms with van der Waals surface area (Å²) in [5.41, 5.74) is 0. The van der Waals surface area contributed by atoms with Gasteiger partial charge in [0, 0.05) is 13.1 Å². The van der Waals surface area contributed by atoms with Crippen LogP contribution in [0.1, 0.15) is 41.0 Å². The first-order chi connectivity index (χ1) is 8.49. The summed E-state index contributed by atoms with van der Waals surface area (Å²) in [6.07, 6.45) is 1.13. The highest BCUT2D eigenvalue weighted by Crippen LogP contribution is 2.39. The normalized spacial score (nSPS) is 14.6. The third-order valence-corrected chi connectivity index (χ3v) is 3.74. The second kappa shape index (κ2) is 10.7. The molecular weight excluding hydrogens is 255 g/mol. The van der Waals surface area contributed by atoms with E-state index in [1.165, 1.54) is 6.92 Å². The van der Waals surface area contributed by atoms with E-state index in [0.29, 0.717) is 13.2 Å². The van der Waals surface area contributed by atoms with E-state index in [9.17, 15) is 4.79 Å². The number of carbonyl (C=O) groups excluding carboxylic acids is 1. The topological polar surface area (TPSA) is 54.0 Å². The fourth-order valence-electron chi connectivity index (χ4n) is 1.40. The Hall–Kier alpha value is -0.220. The van der Waals surface area contributed by atoms with Gasteiger partial charge in [0.05, 0.1) is 19.3 Å². The van der Waals surface area contributed by atoms with E-state index in [0.717, 1.165) is 12.6 Å². The number of rotatable bonds is 10. The molecule has 0 aromatic heterocycles. The largest absolute Gasteiger partial charge is 0.436 e. The van der Waals surface area contributed by atoms with E-state index in [1.54, 1.807) is 6.92 Å². The first-order valence-corrected chi connectivity index (χ1v) is 7.71. The van der Waals surface area contributed by atoms with Crippen molar-refractivity contribution in [2.45, 2.75) is 53.4 Å². The van der Waals surface area contributed by atoms with Crippen molar-refractivity contribution in [3.8, 4) is 0 Å². The molecule has 0 aliphatic heterocycles. The molecule has 0 aliphatic rings. The van der Waals surface area contributed by atoms with E-state index in [4.69, 9.17) is 18.5 Å². The standard InChI is InChI=1S/C12H25O5P/c1-6-14-18(15-7-2)9-8-10(3)16-12(5)17-11(4)13/h10,12H,6-9H2,1-5H3. The van der Waals surface area contributed by atoms with E-state index < -0.39 is 14.7 Å². The summed E-state index contributed by atoms with van der Waals surface area (Å²) in [6.45, 7) is 10.3. The maximum absolute atomic E-state index is 10.7. The lowest BCUT2D eigenvalue weighted by molar-refractivity contribution is -0.180. The number of carbonyl (C=O) groups is 1. The minimum atomic E-state index is -0.823. The minimum Gasteiger partial charge on any atom is -0.436 e. The number of hydrogen-bond donors (Lipinski definition) is 0. The zero-order valence-electron chi connectivity index (χ0n) is 12.0. The van der Waals surface area contributed by atoms with Crippen LogP contribution in [0.25, 0.3) is 0 Å². The van der Waals surface area contributed by atoms with Crippen LogP contribution in [0.3, 0.4) is 0 Å². The van der Waals surface area contributed by atoms with Crippen molar-refractivity contribution in [2.24, 2.45) is 0 Å². The van der Waals surface area contributed by atoms with Crippen molar-refractivity contribution < 1.29 is 23.3 Å². The van der Waals surface area contributed by atoms with Gasteiger partial charge in [0.2, 0.25) is 0 Å². The third-order valence-electron chi connectivity index (χ3n) is 2.02. The van der Waals surface area contributed by atoms with Crippen LogP contribution in [0, 0.1) is 0 Å². The molecule has 2 atom stereocenters. The van der Waals surface area contributed by atoms with Gasteiger partial charge in [-0.2, -0.15) is 0 Å². The summed E-state index contributed by atoms with van der Waals surface area (Å²) in [6, 6.07) is 0. The number of esters is 1. The first-order valence-electron chi connectivity index (χ1n) is 6.35. The third kappa shape index (κ3) is 9.77. The summed E-state index contributed by atoms with van der Waals surface area (Å²) in [5.74, 6) is -0.333. The van der Waals surface area contributed by atoms with Crippen molar-refractivity contribution in [1.29, 1.82) is 0 Å². The predicted octanol–water partition coefficient (Wildman–Crippen LogP) is 3.08. The van der Waals surface area contributed by atoms with Crippen LogP contribution in [0.5, 0.6) is 0 Å². The Balaban J connectivity index is 3.84. The van der Waals surface area contributed by atoms with Gasteiger partial charge in [-0.1, -0.05) is 0 Å². The molecule has 0 aromatic rings. The molecule has 0 saturated carbocycles. The number of hydrogen-bond acceptors (Lipinski definition) is 5. The van der Waals surface area contributed by atoms with Gasteiger partial charge >= 0.3 is 5.97 Å². The highest BCUT2D eigenvalue weighted by atomic mass is 31.2. The maximum Gasteiger partial charge on any atom is 0.304 e. The number of ether oxygens (including phenoxy) is 2. The van der Waals surface area contributed by atoms with E-state index in [1.807, 2.05) is 20.8 Å². The van der Waals surface area contributed by atoms with Gasteiger partial charge in [-0.3, -0.25) is 4.79 Å².